The fourth-order valence-corrected chi connectivity index (χ4v) is 0. The predicted octanol–water partition coefficient (Wildman–Crippen LogP) is 0.0412. The van der Waals surface area contributed by atoms with Gasteiger partial charge in [0.2, 0.25) is 0 Å². The number of hydrogen-bond acceptors (Lipinski definition) is 3. The van der Waals surface area contributed by atoms with Crippen molar-refractivity contribution < 1.29 is 21.6 Å². The molecule has 9 heavy (non-hydrogen) atoms. The van der Waals surface area contributed by atoms with Crippen LogP contribution in [0.25, 0.3) is 0 Å². The van der Waals surface area contributed by atoms with Gasteiger partial charge in [-0.2, -0.15) is 0 Å². The first-order chi connectivity index (χ1) is 3.73. The Morgan fingerprint density at radius 3 is 1.33 bits per heavy atom. The van der Waals surface area contributed by atoms with Crippen LogP contribution in [0.2, 0.25) is 0 Å². The average molecular weight is 271 g/mol. The minimum atomic E-state index is -5.04. The van der Waals surface area contributed by atoms with E-state index < -0.39 is 31.6 Å². The Labute approximate surface area is 59.7 Å². The molecule has 0 atom stereocenters. The molecule has 0 aromatic heterocycles. The van der Waals surface area contributed by atoms with Crippen molar-refractivity contribution in [3.8, 4) is 0 Å². The molecule has 0 rings (SSSR count). The van der Waals surface area contributed by atoms with E-state index in [9.17, 15) is 8.60 Å². The third-order valence-electron chi connectivity index (χ3n) is 0. The first-order valence-electron chi connectivity index (χ1n) is 1.48. The first-order valence-corrected chi connectivity index (χ1v) is 6.53. The summed E-state index contributed by atoms with van der Waals surface area (Å²) in [7, 11) is -3.92. The summed E-state index contributed by atoms with van der Waals surface area (Å²) in [6.45, 7) is 0. The summed E-state index contributed by atoms with van der Waals surface area (Å²) in [5.41, 5.74) is 0. The standard InChI is InChI=1S/CH4O3S.3FH.Sn/c1-5(2,3)4;;;;/h1H3,(H,2,3,4);3*1H;/q;;;;+4/p-4. The van der Waals surface area contributed by atoms with Crippen molar-refractivity contribution in [3.05, 3.63) is 0 Å². The summed E-state index contributed by atoms with van der Waals surface area (Å²) in [5.74, 6) is 0. The first kappa shape index (κ1) is 12.2. The van der Waals surface area contributed by atoms with Crippen LogP contribution in [0.3, 0.4) is 0 Å². The molecule has 0 amide bonds. The quantitative estimate of drug-likeness (QED) is 0.461. The Hall–Kier alpha value is 0.499. The van der Waals surface area contributed by atoms with Gasteiger partial charge in [0.15, 0.2) is 0 Å². The molecule has 56 valence electrons. The van der Waals surface area contributed by atoms with E-state index in [1.54, 1.807) is 0 Å². The fourth-order valence-electron chi connectivity index (χ4n) is 0. The fraction of sp³-hybridized carbons (Fsp3) is 1.00. The van der Waals surface area contributed by atoms with Gasteiger partial charge in [0.05, 0.1) is 10.1 Å². The van der Waals surface area contributed by atoms with Gasteiger partial charge in [0.1, 0.15) is 0 Å². The maximum atomic E-state index is 9.86. The molecular formula is CH3F3O3SSn. The average Bonchev–Trinajstić information content (AvgIpc) is 1.19. The van der Waals surface area contributed by atoms with Crippen molar-refractivity contribution in [1.82, 2.24) is 0 Å². The molecule has 3 nitrogen and oxygen atoms in total. The topological polar surface area (TPSA) is 57.2 Å². The van der Waals surface area contributed by atoms with Crippen molar-refractivity contribution in [2.45, 2.75) is 0 Å². The van der Waals surface area contributed by atoms with Crippen LogP contribution in [-0.4, -0.2) is 40.7 Å². The molecule has 0 aliphatic carbocycles. The van der Waals surface area contributed by atoms with E-state index in [0.29, 0.717) is 6.26 Å². The van der Waals surface area contributed by atoms with Crippen LogP contribution in [0.1, 0.15) is 0 Å². The van der Waals surface area contributed by atoms with Crippen LogP contribution in [0, 0.1) is 0 Å². The number of rotatable bonds is 0. The summed E-state index contributed by atoms with van der Waals surface area (Å²) >= 11 is -5.04. The Morgan fingerprint density at radius 1 is 1.33 bits per heavy atom. The molecule has 0 bridgehead atoms. The van der Waals surface area contributed by atoms with Crippen molar-refractivity contribution >= 4 is 31.6 Å². The van der Waals surface area contributed by atoms with Crippen molar-refractivity contribution in [1.29, 1.82) is 0 Å². The number of hydrogen-bond donors (Lipinski definition) is 0. The molecule has 0 aromatic rings. The van der Waals surface area contributed by atoms with Gasteiger partial charge < -0.3 is 4.55 Å². The summed E-state index contributed by atoms with van der Waals surface area (Å²) in [4.78, 5) is 0. The Morgan fingerprint density at radius 2 is 1.33 bits per heavy atom. The second-order valence-electron chi connectivity index (χ2n) is 0.918. The minimum absolute atomic E-state index is 0.604. The molecule has 0 spiro atoms. The van der Waals surface area contributed by atoms with Gasteiger partial charge in [-0.15, -0.1) is 0 Å². The third-order valence-corrected chi connectivity index (χ3v) is 0. The van der Waals surface area contributed by atoms with Crippen LogP contribution in [0.4, 0.5) is 8.60 Å². The molecule has 0 saturated carbocycles. The van der Waals surface area contributed by atoms with Gasteiger partial charge in [-0.25, -0.2) is 8.42 Å². The van der Waals surface area contributed by atoms with Gasteiger partial charge in [0, 0.05) is 6.26 Å². The zero-order valence-electron chi connectivity index (χ0n) is 4.27. The van der Waals surface area contributed by atoms with Gasteiger partial charge in [0.25, 0.3) is 0 Å². The number of halogens is 3. The van der Waals surface area contributed by atoms with E-state index in [2.05, 4.69) is 0 Å². The zero-order valence-corrected chi connectivity index (χ0v) is 7.94. The Balaban J connectivity index is 0. The molecule has 0 fully saturated rings. The summed E-state index contributed by atoms with van der Waals surface area (Å²) < 4.78 is 56.8. The Kier molecular flexibility index (Phi) is 7.18. The van der Waals surface area contributed by atoms with Crippen LogP contribution in [0.5, 0.6) is 0 Å². The SMILES string of the molecule is CS(=O)(=O)[O-].[F][Sn+]([F])[F]. The summed E-state index contributed by atoms with van der Waals surface area (Å²) in [6.07, 6.45) is 0.604. The molecule has 0 radical (unpaired) electrons. The van der Waals surface area contributed by atoms with E-state index in [-0.39, 0.29) is 0 Å². The summed E-state index contributed by atoms with van der Waals surface area (Å²) in [6, 6.07) is 0. The van der Waals surface area contributed by atoms with Gasteiger partial charge in [-0.1, -0.05) is 0 Å². The van der Waals surface area contributed by atoms with Crippen LogP contribution in [-0.2, 0) is 10.1 Å². The molecule has 0 heterocycles. The Bertz CT molecular complexity index is 130. The van der Waals surface area contributed by atoms with Crippen LogP contribution < -0.4 is 0 Å². The van der Waals surface area contributed by atoms with Crippen LogP contribution >= 0.6 is 0 Å². The molecule has 0 N–H and O–H groups in total. The molecule has 8 heteroatoms. The normalized spacial score (nSPS) is 9.44. The van der Waals surface area contributed by atoms with Crippen LogP contribution in [0.15, 0.2) is 0 Å². The molecule has 0 saturated heterocycles. The van der Waals surface area contributed by atoms with E-state index in [0.717, 1.165) is 0 Å². The second kappa shape index (κ2) is 5.30. The van der Waals surface area contributed by atoms with Crippen molar-refractivity contribution in [3.63, 3.8) is 0 Å². The molecule has 0 aromatic carbocycles. The molecule has 0 aliphatic heterocycles. The van der Waals surface area contributed by atoms with Crippen molar-refractivity contribution in [2.75, 3.05) is 6.26 Å². The van der Waals surface area contributed by atoms with E-state index >= 15 is 0 Å². The van der Waals surface area contributed by atoms with E-state index in [1.807, 2.05) is 0 Å². The maximum absolute atomic E-state index is 9.86. The van der Waals surface area contributed by atoms with Crippen molar-refractivity contribution in [2.24, 2.45) is 0 Å². The molecule has 0 unspecified atom stereocenters. The van der Waals surface area contributed by atoms with Gasteiger partial charge in [-0.3, -0.25) is 0 Å². The summed E-state index contributed by atoms with van der Waals surface area (Å²) in [5, 5.41) is 0. The second-order valence-corrected chi connectivity index (χ2v) is 3.55. The van der Waals surface area contributed by atoms with Gasteiger partial charge in [-0.05, 0) is 0 Å². The monoisotopic (exact) mass is 272 g/mol. The molecular weight excluding hydrogens is 268 g/mol. The zero-order chi connectivity index (χ0) is 8.08. The van der Waals surface area contributed by atoms with E-state index in [4.69, 9.17) is 13.0 Å². The third kappa shape index (κ3) is 1440. The van der Waals surface area contributed by atoms with Gasteiger partial charge >= 0.3 is 30.1 Å². The predicted molar refractivity (Wildman–Crippen MR) is 24.7 cm³/mol. The molecule has 0 aliphatic rings. The van der Waals surface area contributed by atoms with E-state index in [1.165, 1.54) is 0 Å².